The van der Waals surface area contributed by atoms with E-state index in [4.69, 9.17) is 0 Å². The molecule has 0 aromatic heterocycles. The highest BCUT2D eigenvalue weighted by Crippen LogP contribution is 2.32. The molecule has 0 unspecified atom stereocenters. The number of hydrogen-bond donors (Lipinski definition) is 1. The van der Waals surface area contributed by atoms with Crippen molar-refractivity contribution in [2.24, 2.45) is 0 Å². The van der Waals surface area contributed by atoms with E-state index in [0.717, 1.165) is 24.1 Å². The molecule has 128 valence electrons. The summed E-state index contributed by atoms with van der Waals surface area (Å²) in [7, 11) is 2.10. The van der Waals surface area contributed by atoms with Crippen LogP contribution >= 0.6 is 0 Å². The summed E-state index contributed by atoms with van der Waals surface area (Å²) in [6.07, 6.45) is 6.32. The summed E-state index contributed by atoms with van der Waals surface area (Å²) in [5.74, 6) is -0.0502. The molecule has 0 radical (unpaired) electrons. The molecule has 5 heteroatoms. The average Bonchev–Trinajstić information content (AvgIpc) is 2.98. The van der Waals surface area contributed by atoms with Crippen molar-refractivity contribution in [2.45, 2.75) is 38.3 Å². The Morgan fingerprint density at radius 2 is 2.08 bits per heavy atom. The molecule has 5 nitrogen and oxygen atoms in total. The van der Waals surface area contributed by atoms with Crippen molar-refractivity contribution in [3.05, 3.63) is 41.6 Å². The van der Waals surface area contributed by atoms with E-state index >= 15 is 0 Å². The molecular formula is C19H25N3O2. The number of nitrogens with one attached hydrogen (secondary N) is 1. The first-order chi connectivity index (χ1) is 11.6. The van der Waals surface area contributed by atoms with Gasteiger partial charge in [-0.25, -0.2) is 0 Å². The maximum absolute atomic E-state index is 12.5. The molecule has 0 aliphatic carbocycles. The number of likely N-dealkylation sites (tertiary alicyclic amines) is 1. The van der Waals surface area contributed by atoms with Gasteiger partial charge in [-0.05, 0) is 43.6 Å². The van der Waals surface area contributed by atoms with Crippen LogP contribution in [-0.2, 0) is 9.59 Å². The number of fused-ring (bicyclic) bond motifs is 1. The molecule has 1 aromatic rings. The van der Waals surface area contributed by atoms with E-state index in [1.54, 1.807) is 11.1 Å². The summed E-state index contributed by atoms with van der Waals surface area (Å²) >= 11 is 0. The van der Waals surface area contributed by atoms with E-state index in [2.05, 4.69) is 17.3 Å². The number of hydrogen-bond acceptors (Lipinski definition) is 3. The second-order valence-corrected chi connectivity index (χ2v) is 6.67. The maximum atomic E-state index is 12.5. The summed E-state index contributed by atoms with van der Waals surface area (Å²) in [5, 5.41) is 3.05. The quantitative estimate of drug-likeness (QED) is 0.922. The standard InChI is InChI=1S/C19H25N3O2/c1-14(23)22-11-9-15-6-3-4-8-17(15)18(22)12-19(24)20-13-16-7-5-10-21(16)2/h3-4,6,8-9,11,16,18H,5,7,10,12-13H2,1-2H3,(H,20,24)/t16-,18+/m0/s1. The summed E-state index contributed by atoms with van der Waals surface area (Å²) in [4.78, 5) is 28.4. The Hall–Kier alpha value is -2.14. The molecule has 2 heterocycles. The Bertz CT molecular complexity index is 656. The van der Waals surface area contributed by atoms with Gasteiger partial charge in [0.15, 0.2) is 0 Å². The first-order valence-corrected chi connectivity index (χ1v) is 8.59. The van der Waals surface area contributed by atoms with Crippen molar-refractivity contribution in [3.63, 3.8) is 0 Å². The van der Waals surface area contributed by atoms with E-state index < -0.39 is 0 Å². The monoisotopic (exact) mass is 327 g/mol. The van der Waals surface area contributed by atoms with Crippen LogP contribution in [-0.4, -0.2) is 47.8 Å². The maximum Gasteiger partial charge on any atom is 0.223 e. The number of benzene rings is 1. The van der Waals surface area contributed by atoms with Gasteiger partial charge in [-0.3, -0.25) is 9.59 Å². The van der Waals surface area contributed by atoms with E-state index in [9.17, 15) is 9.59 Å². The summed E-state index contributed by atoms with van der Waals surface area (Å²) in [5.41, 5.74) is 2.10. The number of amides is 2. The highest BCUT2D eigenvalue weighted by molar-refractivity contribution is 5.81. The van der Waals surface area contributed by atoms with Gasteiger partial charge in [0, 0.05) is 25.7 Å². The minimum atomic E-state index is -0.231. The lowest BCUT2D eigenvalue weighted by atomic mass is 9.93. The van der Waals surface area contributed by atoms with E-state index in [0.29, 0.717) is 12.6 Å². The van der Waals surface area contributed by atoms with Crippen LogP contribution in [0.1, 0.15) is 43.4 Å². The molecule has 2 amide bonds. The van der Waals surface area contributed by atoms with Crippen molar-refractivity contribution in [1.82, 2.24) is 15.1 Å². The van der Waals surface area contributed by atoms with Crippen molar-refractivity contribution in [3.8, 4) is 0 Å². The molecule has 2 aliphatic heterocycles. The Balaban J connectivity index is 1.68. The third kappa shape index (κ3) is 3.51. The molecule has 3 rings (SSSR count). The van der Waals surface area contributed by atoms with Crippen LogP contribution in [0.15, 0.2) is 30.5 Å². The Labute approximate surface area is 143 Å². The Morgan fingerprint density at radius 1 is 1.29 bits per heavy atom. The first kappa shape index (κ1) is 16.7. The number of likely N-dealkylation sites (N-methyl/N-ethyl adjacent to an activating group) is 1. The van der Waals surface area contributed by atoms with Crippen LogP contribution in [0, 0.1) is 0 Å². The Kier molecular flexibility index (Phi) is 5.00. The first-order valence-electron chi connectivity index (χ1n) is 8.59. The third-order valence-corrected chi connectivity index (χ3v) is 5.05. The van der Waals surface area contributed by atoms with Gasteiger partial charge in [0.05, 0.1) is 12.5 Å². The highest BCUT2D eigenvalue weighted by Gasteiger charge is 2.28. The topological polar surface area (TPSA) is 52.7 Å². The number of carbonyl (C=O) groups excluding carboxylic acids is 2. The summed E-state index contributed by atoms with van der Waals surface area (Å²) in [6.45, 7) is 3.32. The normalized spacial score (nSPS) is 23.2. The number of rotatable bonds is 4. The predicted molar refractivity (Wildman–Crippen MR) is 94.0 cm³/mol. The van der Waals surface area contributed by atoms with Gasteiger partial charge in [0.25, 0.3) is 0 Å². The molecule has 1 saturated heterocycles. The molecule has 24 heavy (non-hydrogen) atoms. The van der Waals surface area contributed by atoms with E-state index in [-0.39, 0.29) is 24.3 Å². The average molecular weight is 327 g/mol. The van der Waals surface area contributed by atoms with Crippen molar-refractivity contribution in [2.75, 3.05) is 20.1 Å². The lowest BCUT2D eigenvalue weighted by Gasteiger charge is -2.32. The second kappa shape index (κ2) is 7.18. The molecule has 1 aromatic carbocycles. The van der Waals surface area contributed by atoms with Gasteiger partial charge in [0.2, 0.25) is 11.8 Å². The summed E-state index contributed by atoms with van der Waals surface area (Å²) in [6, 6.07) is 8.13. The van der Waals surface area contributed by atoms with Crippen LogP contribution < -0.4 is 5.32 Å². The molecule has 2 atom stereocenters. The van der Waals surface area contributed by atoms with Gasteiger partial charge in [-0.15, -0.1) is 0 Å². The molecule has 0 saturated carbocycles. The zero-order chi connectivity index (χ0) is 17.1. The molecule has 0 spiro atoms. The smallest absolute Gasteiger partial charge is 0.223 e. The van der Waals surface area contributed by atoms with Crippen molar-refractivity contribution in [1.29, 1.82) is 0 Å². The predicted octanol–water partition coefficient (Wildman–Crippen LogP) is 2.16. The lowest BCUT2D eigenvalue weighted by Crippen LogP contribution is -2.40. The minimum absolute atomic E-state index is 0.00310. The molecule has 1 N–H and O–H groups in total. The fourth-order valence-electron chi connectivity index (χ4n) is 3.63. The Morgan fingerprint density at radius 3 is 2.79 bits per heavy atom. The van der Waals surface area contributed by atoms with Crippen LogP contribution in [0.4, 0.5) is 0 Å². The van der Waals surface area contributed by atoms with Gasteiger partial charge < -0.3 is 15.1 Å². The van der Waals surface area contributed by atoms with Crippen molar-refractivity contribution < 1.29 is 9.59 Å². The highest BCUT2D eigenvalue weighted by atomic mass is 16.2. The van der Waals surface area contributed by atoms with Crippen LogP contribution in [0.5, 0.6) is 0 Å². The summed E-state index contributed by atoms with van der Waals surface area (Å²) < 4.78 is 0. The fraction of sp³-hybridized carbons (Fsp3) is 0.474. The van der Waals surface area contributed by atoms with Crippen LogP contribution in [0.2, 0.25) is 0 Å². The van der Waals surface area contributed by atoms with Gasteiger partial charge >= 0.3 is 0 Å². The second-order valence-electron chi connectivity index (χ2n) is 6.67. The van der Waals surface area contributed by atoms with Crippen LogP contribution in [0.3, 0.4) is 0 Å². The molecule has 2 aliphatic rings. The van der Waals surface area contributed by atoms with E-state index in [1.165, 1.54) is 13.3 Å². The lowest BCUT2D eigenvalue weighted by molar-refractivity contribution is -0.130. The minimum Gasteiger partial charge on any atom is -0.354 e. The molecular weight excluding hydrogens is 302 g/mol. The zero-order valence-electron chi connectivity index (χ0n) is 14.4. The van der Waals surface area contributed by atoms with Gasteiger partial charge in [0.1, 0.15) is 0 Å². The van der Waals surface area contributed by atoms with Crippen molar-refractivity contribution >= 4 is 17.9 Å². The van der Waals surface area contributed by atoms with Gasteiger partial charge in [-0.1, -0.05) is 24.3 Å². The fourth-order valence-corrected chi connectivity index (χ4v) is 3.63. The number of carbonyl (C=O) groups is 2. The molecule has 1 fully saturated rings. The molecule has 0 bridgehead atoms. The van der Waals surface area contributed by atoms with Gasteiger partial charge in [-0.2, -0.15) is 0 Å². The largest absolute Gasteiger partial charge is 0.354 e. The van der Waals surface area contributed by atoms with Crippen LogP contribution in [0.25, 0.3) is 6.08 Å². The SMILES string of the molecule is CC(=O)N1C=Cc2ccccc2[C@H]1CC(=O)NC[C@@H]1CCCN1C. The number of nitrogens with zero attached hydrogens (tertiary/aromatic N) is 2. The van der Waals surface area contributed by atoms with E-state index in [1.807, 2.05) is 30.3 Å². The third-order valence-electron chi connectivity index (χ3n) is 5.05. The zero-order valence-corrected chi connectivity index (χ0v) is 14.4.